The van der Waals surface area contributed by atoms with Gasteiger partial charge in [0, 0.05) is 24.4 Å². The lowest BCUT2D eigenvalue weighted by Crippen LogP contribution is -2.25. The standard InChI is InChI=1S/C19H16N4O3/c1-20-18(25)13-6-5-7-14(12-13)21-19(26)16-10-11-17(24)23(22-16)15-8-3-2-4-9-15/h2-12H,1H3,(H,20,25)(H,21,26). The number of nitrogens with one attached hydrogen (secondary N) is 2. The van der Waals surface area contributed by atoms with Crippen LogP contribution in [0.2, 0.25) is 0 Å². The summed E-state index contributed by atoms with van der Waals surface area (Å²) in [5, 5.41) is 9.33. The highest BCUT2D eigenvalue weighted by molar-refractivity contribution is 6.03. The van der Waals surface area contributed by atoms with E-state index in [1.165, 1.54) is 19.2 Å². The minimum absolute atomic E-state index is 0.0822. The van der Waals surface area contributed by atoms with Gasteiger partial charge in [-0.1, -0.05) is 24.3 Å². The molecule has 2 amide bonds. The molecular weight excluding hydrogens is 332 g/mol. The second kappa shape index (κ2) is 7.43. The van der Waals surface area contributed by atoms with E-state index in [9.17, 15) is 14.4 Å². The minimum Gasteiger partial charge on any atom is -0.355 e. The summed E-state index contributed by atoms with van der Waals surface area (Å²) < 4.78 is 1.16. The molecule has 0 aliphatic rings. The van der Waals surface area contributed by atoms with E-state index in [2.05, 4.69) is 15.7 Å². The molecule has 0 saturated carbocycles. The Bertz CT molecular complexity index is 1010. The fourth-order valence-corrected chi connectivity index (χ4v) is 2.36. The van der Waals surface area contributed by atoms with E-state index < -0.39 is 5.91 Å². The van der Waals surface area contributed by atoms with Gasteiger partial charge in [-0.3, -0.25) is 14.4 Å². The molecule has 3 aromatic rings. The van der Waals surface area contributed by atoms with Crippen molar-refractivity contribution in [3.63, 3.8) is 0 Å². The number of amides is 2. The summed E-state index contributed by atoms with van der Waals surface area (Å²) in [4.78, 5) is 36.2. The summed E-state index contributed by atoms with van der Waals surface area (Å²) in [6.45, 7) is 0. The van der Waals surface area contributed by atoms with Crippen molar-refractivity contribution in [3.05, 3.63) is 88.3 Å². The van der Waals surface area contributed by atoms with Gasteiger partial charge in [0.25, 0.3) is 17.4 Å². The summed E-state index contributed by atoms with van der Waals surface area (Å²) in [6.07, 6.45) is 0. The smallest absolute Gasteiger partial charge is 0.276 e. The van der Waals surface area contributed by atoms with Crippen LogP contribution >= 0.6 is 0 Å². The summed E-state index contributed by atoms with van der Waals surface area (Å²) in [6, 6.07) is 18.0. The largest absolute Gasteiger partial charge is 0.355 e. The normalized spacial score (nSPS) is 10.2. The monoisotopic (exact) mass is 348 g/mol. The van der Waals surface area contributed by atoms with Crippen LogP contribution in [0, 0.1) is 0 Å². The molecule has 7 nitrogen and oxygen atoms in total. The molecule has 0 spiro atoms. The van der Waals surface area contributed by atoms with Crippen molar-refractivity contribution in [2.75, 3.05) is 12.4 Å². The Labute approximate surface area is 149 Å². The van der Waals surface area contributed by atoms with Gasteiger partial charge in [-0.2, -0.15) is 9.78 Å². The molecule has 2 N–H and O–H groups in total. The predicted molar refractivity (Wildman–Crippen MR) is 97.6 cm³/mol. The van der Waals surface area contributed by atoms with Crippen molar-refractivity contribution < 1.29 is 9.59 Å². The molecule has 0 fully saturated rings. The van der Waals surface area contributed by atoms with Gasteiger partial charge in [0.15, 0.2) is 0 Å². The van der Waals surface area contributed by atoms with Gasteiger partial charge in [0.2, 0.25) is 0 Å². The van der Waals surface area contributed by atoms with Crippen LogP contribution in [0.4, 0.5) is 5.69 Å². The Morgan fingerprint density at radius 1 is 0.923 bits per heavy atom. The zero-order valence-electron chi connectivity index (χ0n) is 14.0. The van der Waals surface area contributed by atoms with Crippen molar-refractivity contribution in [1.82, 2.24) is 15.1 Å². The molecule has 1 heterocycles. The van der Waals surface area contributed by atoms with Crippen LogP contribution in [0.25, 0.3) is 5.69 Å². The molecular formula is C19H16N4O3. The molecule has 130 valence electrons. The summed E-state index contributed by atoms with van der Waals surface area (Å²) in [5.74, 6) is -0.736. The lowest BCUT2D eigenvalue weighted by molar-refractivity contribution is 0.0961. The van der Waals surface area contributed by atoms with Gasteiger partial charge in [-0.05, 0) is 36.4 Å². The molecule has 0 unspecified atom stereocenters. The molecule has 2 aromatic carbocycles. The van der Waals surface area contributed by atoms with Gasteiger partial charge >= 0.3 is 0 Å². The quantitative estimate of drug-likeness (QED) is 0.752. The van der Waals surface area contributed by atoms with E-state index in [-0.39, 0.29) is 17.2 Å². The fraction of sp³-hybridized carbons (Fsp3) is 0.0526. The van der Waals surface area contributed by atoms with Crippen LogP contribution < -0.4 is 16.2 Å². The number of aromatic nitrogens is 2. The first-order valence-electron chi connectivity index (χ1n) is 7.88. The summed E-state index contributed by atoms with van der Waals surface area (Å²) >= 11 is 0. The number of carbonyl (C=O) groups is 2. The zero-order valence-corrected chi connectivity index (χ0v) is 14.0. The molecule has 0 saturated heterocycles. The third-order valence-electron chi connectivity index (χ3n) is 3.64. The fourth-order valence-electron chi connectivity index (χ4n) is 2.36. The maximum Gasteiger partial charge on any atom is 0.276 e. The van der Waals surface area contributed by atoms with Gasteiger partial charge in [0.1, 0.15) is 5.69 Å². The minimum atomic E-state index is -0.483. The van der Waals surface area contributed by atoms with Crippen molar-refractivity contribution in [3.8, 4) is 5.69 Å². The first kappa shape index (κ1) is 17.1. The first-order valence-corrected chi connectivity index (χ1v) is 7.88. The van der Waals surface area contributed by atoms with Gasteiger partial charge in [0.05, 0.1) is 5.69 Å². The van der Waals surface area contributed by atoms with Crippen molar-refractivity contribution in [1.29, 1.82) is 0 Å². The second-order valence-corrected chi connectivity index (χ2v) is 5.42. The Morgan fingerprint density at radius 3 is 2.42 bits per heavy atom. The van der Waals surface area contributed by atoms with Crippen molar-refractivity contribution in [2.24, 2.45) is 0 Å². The molecule has 7 heteroatoms. The number of anilines is 1. The third kappa shape index (κ3) is 3.67. The highest BCUT2D eigenvalue weighted by Gasteiger charge is 2.12. The van der Waals surface area contributed by atoms with Crippen LogP contribution in [0.15, 0.2) is 71.5 Å². The van der Waals surface area contributed by atoms with Crippen molar-refractivity contribution >= 4 is 17.5 Å². The number of hydrogen-bond acceptors (Lipinski definition) is 4. The molecule has 3 rings (SSSR count). The molecule has 0 atom stereocenters. The molecule has 0 aliphatic carbocycles. The van der Waals surface area contributed by atoms with E-state index in [0.717, 1.165) is 4.68 Å². The number of benzene rings is 2. The topological polar surface area (TPSA) is 93.1 Å². The molecule has 1 aromatic heterocycles. The Kier molecular flexibility index (Phi) is 4.89. The second-order valence-electron chi connectivity index (χ2n) is 5.42. The van der Waals surface area contributed by atoms with E-state index in [1.54, 1.807) is 48.5 Å². The van der Waals surface area contributed by atoms with Crippen molar-refractivity contribution in [2.45, 2.75) is 0 Å². The van der Waals surface area contributed by atoms with E-state index in [1.807, 2.05) is 6.07 Å². The molecule has 0 aliphatic heterocycles. The van der Waals surface area contributed by atoms with Crippen LogP contribution in [0.5, 0.6) is 0 Å². The predicted octanol–water partition coefficient (Wildman–Crippen LogP) is 1.84. The average Bonchev–Trinajstić information content (AvgIpc) is 2.68. The van der Waals surface area contributed by atoms with Crippen LogP contribution in [-0.2, 0) is 0 Å². The average molecular weight is 348 g/mol. The Morgan fingerprint density at radius 2 is 1.69 bits per heavy atom. The number of rotatable bonds is 4. The number of carbonyl (C=O) groups excluding carboxylic acids is 2. The van der Waals surface area contributed by atoms with Gasteiger partial charge < -0.3 is 10.6 Å². The maximum absolute atomic E-state index is 12.5. The highest BCUT2D eigenvalue weighted by atomic mass is 16.2. The maximum atomic E-state index is 12.5. The van der Waals surface area contributed by atoms with Crippen LogP contribution in [0.3, 0.4) is 0 Å². The van der Waals surface area contributed by atoms with E-state index >= 15 is 0 Å². The lowest BCUT2D eigenvalue weighted by atomic mass is 10.2. The van der Waals surface area contributed by atoms with Gasteiger partial charge in [-0.25, -0.2) is 0 Å². The number of para-hydroxylation sites is 1. The lowest BCUT2D eigenvalue weighted by Gasteiger charge is -2.08. The Hall–Kier alpha value is -3.74. The molecule has 26 heavy (non-hydrogen) atoms. The molecule has 0 radical (unpaired) electrons. The highest BCUT2D eigenvalue weighted by Crippen LogP contribution is 2.12. The zero-order chi connectivity index (χ0) is 18.5. The SMILES string of the molecule is CNC(=O)c1cccc(NC(=O)c2ccc(=O)n(-c3ccccc3)n2)c1. The number of nitrogens with zero attached hydrogens (tertiary/aromatic N) is 2. The third-order valence-corrected chi connectivity index (χ3v) is 3.64. The molecule has 0 bridgehead atoms. The van der Waals surface area contributed by atoms with Gasteiger partial charge in [-0.15, -0.1) is 0 Å². The summed E-state index contributed by atoms with van der Waals surface area (Å²) in [7, 11) is 1.53. The number of hydrogen-bond donors (Lipinski definition) is 2. The van der Waals surface area contributed by atoms with Crippen LogP contribution in [0.1, 0.15) is 20.8 Å². The summed E-state index contributed by atoms with van der Waals surface area (Å²) in [5.41, 5.74) is 1.19. The first-order chi connectivity index (χ1) is 12.6. The Balaban J connectivity index is 1.87. The van der Waals surface area contributed by atoms with E-state index in [0.29, 0.717) is 16.9 Å². The van der Waals surface area contributed by atoms with E-state index in [4.69, 9.17) is 0 Å². The van der Waals surface area contributed by atoms with Crippen LogP contribution in [-0.4, -0.2) is 28.6 Å².